The Hall–Kier alpha value is -1.88. The van der Waals surface area contributed by atoms with E-state index in [0.717, 1.165) is 31.0 Å². The first-order valence-corrected chi connectivity index (χ1v) is 7.39. The van der Waals surface area contributed by atoms with Gasteiger partial charge in [-0.1, -0.05) is 18.2 Å². The predicted molar refractivity (Wildman–Crippen MR) is 81.2 cm³/mol. The lowest BCUT2D eigenvalue weighted by Crippen LogP contribution is -2.40. The van der Waals surface area contributed by atoms with Crippen molar-refractivity contribution in [2.75, 3.05) is 6.54 Å². The third kappa shape index (κ3) is 3.24. The van der Waals surface area contributed by atoms with Crippen LogP contribution in [-0.4, -0.2) is 26.9 Å². The Morgan fingerprint density at radius 1 is 1.38 bits per heavy atom. The smallest absolute Gasteiger partial charge is 0.151 e. The highest BCUT2D eigenvalue weighted by molar-refractivity contribution is 5.38. The Bertz CT molecular complexity index is 620. The number of ether oxygens (including phenoxy) is 1. The summed E-state index contributed by atoms with van der Waals surface area (Å²) in [5.41, 5.74) is 1.10. The molecule has 2 aromatic rings. The van der Waals surface area contributed by atoms with Gasteiger partial charge in [-0.15, -0.1) is 0 Å². The minimum atomic E-state index is -0.144. The molecule has 1 aromatic carbocycles. The maximum Gasteiger partial charge on any atom is 0.151 e. The van der Waals surface area contributed by atoms with Gasteiger partial charge in [-0.25, -0.2) is 4.98 Å². The van der Waals surface area contributed by atoms with Gasteiger partial charge < -0.3 is 10.1 Å². The van der Waals surface area contributed by atoms with Gasteiger partial charge in [0.05, 0.1) is 0 Å². The molecule has 1 N–H and O–H groups in total. The van der Waals surface area contributed by atoms with Crippen LogP contribution in [0, 0.1) is 0 Å². The van der Waals surface area contributed by atoms with Crippen LogP contribution in [0.3, 0.4) is 0 Å². The number of hydrogen-bond donors (Lipinski definition) is 1. The maximum atomic E-state index is 6.05. The summed E-state index contributed by atoms with van der Waals surface area (Å²) in [5.74, 6) is 1.87. The van der Waals surface area contributed by atoms with Crippen molar-refractivity contribution in [2.24, 2.45) is 7.05 Å². The topological polar surface area (TPSA) is 52.0 Å². The van der Waals surface area contributed by atoms with Gasteiger partial charge >= 0.3 is 0 Å². The van der Waals surface area contributed by atoms with Crippen molar-refractivity contribution in [3.05, 3.63) is 42.0 Å². The number of hydrogen-bond acceptors (Lipinski definition) is 4. The van der Waals surface area contributed by atoms with E-state index in [-0.39, 0.29) is 5.60 Å². The zero-order valence-electron chi connectivity index (χ0n) is 12.8. The first-order valence-electron chi connectivity index (χ1n) is 7.39. The fourth-order valence-electron chi connectivity index (χ4n) is 2.84. The summed E-state index contributed by atoms with van der Waals surface area (Å²) in [6.45, 7) is 5.13. The van der Waals surface area contributed by atoms with E-state index in [4.69, 9.17) is 4.74 Å². The summed E-state index contributed by atoms with van der Waals surface area (Å²) in [6, 6.07) is 8.59. The Kier molecular flexibility index (Phi) is 3.68. The van der Waals surface area contributed by atoms with Gasteiger partial charge in [-0.2, -0.15) is 5.10 Å². The molecular formula is C16H22N4O. The second kappa shape index (κ2) is 5.48. The molecule has 1 aliphatic heterocycles. The van der Waals surface area contributed by atoms with Crippen LogP contribution in [0.15, 0.2) is 30.6 Å². The zero-order valence-corrected chi connectivity index (χ0v) is 12.8. The molecule has 0 saturated carbocycles. The molecule has 0 aliphatic carbocycles. The third-order valence-electron chi connectivity index (χ3n) is 3.76. The van der Waals surface area contributed by atoms with Crippen LogP contribution in [-0.2, 0) is 13.5 Å². The largest absolute Gasteiger partial charge is 0.487 e. The lowest BCUT2D eigenvalue weighted by Gasteiger charge is -2.38. The van der Waals surface area contributed by atoms with E-state index in [2.05, 4.69) is 41.4 Å². The Labute approximate surface area is 125 Å². The molecule has 0 bridgehead atoms. The van der Waals surface area contributed by atoms with Crippen molar-refractivity contribution in [3.63, 3.8) is 0 Å². The van der Waals surface area contributed by atoms with Crippen LogP contribution < -0.4 is 10.1 Å². The van der Waals surface area contributed by atoms with Gasteiger partial charge in [0.2, 0.25) is 0 Å². The first-order chi connectivity index (χ1) is 10.0. The van der Waals surface area contributed by atoms with E-state index < -0.39 is 0 Å². The Morgan fingerprint density at radius 2 is 2.19 bits per heavy atom. The quantitative estimate of drug-likeness (QED) is 0.936. The summed E-state index contributed by atoms with van der Waals surface area (Å²) in [5, 5.41) is 7.93. The molecule has 0 saturated heterocycles. The number of fused-ring (bicyclic) bond motifs is 1. The molecule has 0 radical (unpaired) electrons. The molecule has 5 nitrogen and oxygen atoms in total. The number of benzene rings is 1. The highest BCUT2D eigenvalue weighted by Gasteiger charge is 2.33. The molecule has 21 heavy (non-hydrogen) atoms. The average molecular weight is 286 g/mol. The van der Waals surface area contributed by atoms with Gasteiger partial charge in [0.25, 0.3) is 0 Å². The van der Waals surface area contributed by atoms with E-state index in [1.165, 1.54) is 5.56 Å². The van der Waals surface area contributed by atoms with Gasteiger partial charge in [0.15, 0.2) is 5.82 Å². The fraction of sp³-hybridized carbons (Fsp3) is 0.500. The molecule has 0 fully saturated rings. The molecule has 1 unspecified atom stereocenters. The Balaban J connectivity index is 1.67. The Morgan fingerprint density at radius 3 is 2.95 bits per heavy atom. The summed E-state index contributed by atoms with van der Waals surface area (Å²) in [4.78, 5) is 4.26. The normalized spacial score (nSPS) is 19.9. The molecule has 1 atom stereocenters. The zero-order chi connectivity index (χ0) is 14.9. The number of nitrogens with zero attached hydrogens (tertiary/aromatic N) is 3. The lowest BCUT2D eigenvalue weighted by atomic mass is 9.89. The van der Waals surface area contributed by atoms with Crippen LogP contribution in [0.5, 0.6) is 5.75 Å². The number of aromatic nitrogens is 3. The fourth-order valence-corrected chi connectivity index (χ4v) is 2.84. The van der Waals surface area contributed by atoms with Crippen molar-refractivity contribution in [1.29, 1.82) is 0 Å². The van der Waals surface area contributed by atoms with Gasteiger partial charge in [0, 0.05) is 38.0 Å². The van der Waals surface area contributed by atoms with Crippen molar-refractivity contribution in [3.8, 4) is 5.75 Å². The molecule has 1 aromatic heterocycles. The number of nitrogens with one attached hydrogen (secondary N) is 1. The van der Waals surface area contributed by atoms with E-state index >= 15 is 0 Å². The summed E-state index contributed by atoms with van der Waals surface area (Å²) >= 11 is 0. The summed E-state index contributed by atoms with van der Waals surface area (Å²) in [6.07, 6.45) is 3.53. The standard InChI is InChI=1S/C16H22N4O/c1-16(2)10-13(12-6-4-5-7-14(12)21-16)17-9-8-15-18-11-20(3)19-15/h4-7,11,13,17H,8-10H2,1-3H3. The molecule has 2 heterocycles. The highest BCUT2D eigenvalue weighted by Crippen LogP contribution is 2.38. The predicted octanol–water partition coefficient (Wildman–Crippen LogP) is 2.25. The van der Waals surface area contributed by atoms with Gasteiger partial charge in [-0.3, -0.25) is 4.68 Å². The SMILES string of the molecule is Cn1cnc(CCNC2CC(C)(C)Oc3ccccc32)n1. The van der Waals surface area contributed by atoms with E-state index in [0.29, 0.717) is 6.04 Å². The van der Waals surface area contributed by atoms with Crippen molar-refractivity contribution < 1.29 is 4.74 Å². The summed E-state index contributed by atoms with van der Waals surface area (Å²) in [7, 11) is 1.89. The van der Waals surface area contributed by atoms with E-state index in [1.807, 2.05) is 19.2 Å². The van der Waals surface area contributed by atoms with Crippen molar-refractivity contribution >= 4 is 0 Å². The summed E-state index contributed by atoms with van der Waals surface area (Å²) < 4.78 is 7.79. The number of aryl methyl sites for hydroxylation is 1. The van der Waals surface area contributed by atoms with E-state index in [9.17, 15) is 0 Å². The molecule has 0 amide bonds. The van der Waals surface area contributed by atoms with Crippen LogP contribution in [0.25, 0.3) is 0 Å². The molecule has 5 heteroatoms. The minimum Gasteiger partial charge on any atom is -0.487 e. The second-order valence-electron chi connectivity index (χ2n) is 6.19. The monoisotopic (exact) mass is 286 g/mol. The molecule has 0 spiro atoms. The van der Waals surface area contributed by atoms with Crippen LogP contribution in [0.2, 0.25) is 0 Å². The van der Waals surface area contributed by atoms with Crippen molar-refractivity contribution in [1.82, 2.24) is 20.1 Å². The highest BCUT2D eigenvalue weighted by atomic mass is 16.5. The second-order valence-corrected chi connectivity index (χ2v) is 6.19. The molecule has 112 valence electrons. The van der Waals surface area contributed by atoms with Crippen LogP contribution in [0.1, 0.15) is 37.7 Å². The minimum absolute atomic E-state index is 0.144. The van der Waals surface area contributed by atoms with Crippen LogP contribution >= 0.6 is 0 Å². The number of para-hydroxylation sites is 1. The number of rotatable bonds is 4. The van der Waals surface area contributed by atoms with Gasteiger partial charge in [-0.05, 0) is 19.9 Å². The third-order valence-corrected chi connectivity index (χ3v) is 3.76. The lowest BCUT2D eigenvalue weighted by molar-refractivity contribution is 0.0662. The van der Waals surface area contributed by atoms with Crippen LogP contribution in [0.4, 0.5) is 0 Å². The van der Waals surface area contributed by atoms with Crippen molar-refractivity contribution in [2.45, 2.75) is 38.3 Å². The maximum absolute atomic E-state index is 6.05. The molecule has 1 aliphatic rings. The molecule has 3 rings (SSSR count). The van der Waals surface area contributed by atoms with Gasteiger partial charge in [0.1, 0.15) is 17.7 Å². The average Bonchev–Trinajstić information content (AvgIpc) is 2.83. The first kappa shape index (κ1) is 14.1. The van der Waals surface area contributed by atoms with E-state index in [1.54, 1.807) is 11.0 Å². The molecular weight excluding hydrogens is 264 g/mol.